The van der Waals surface area contributed by atoms with E-state index < -0.39 is 7.12 Å². The average Bonchev–Trinajstić information content (AvgIpc) is 2.05. The first-order chi connectivity index (χ1) is 5.75. The van der Waals surface area contributed by atoms with Crippen LogP contribution in [-0.4, -0.2) is 23.4 Å². The van der Waals surface area contributed by atoms with E-state index in [1.54, 1.807) is 23.9 Å². The van der Waals surface area contributed by atoms with Crippen LogP contribution in [0.5, 0.6) is 0 Å². The molecule has 0 unspecified atom stereocenters. The van der Waals surface area contributed by atoms with E-state index in [2.05, 4.69) is 0 Å². The largest absolute Gasteiger partial charge is 0.488 e. The van der Waals surface area contributed by atoms with Gasteiger partial charge in [-0.3, -0.25) is 0 Å². The van der Waals surface area contributed by atoms with Gasteiger partial charge in [-0.1, -0.05) is 24.3 Å². The molecule has 0 saturated carbocycles. The minimum atomic E-state index is -1.35. The van der Waals surface area contributed by atoms with Gasteiger partial charge in [-0.05, 0) is 17.3 Å². The standard InChI is InChI=1S/C8H11BO2S/c1-12-6-7-4-2-3-5-8(7)9(10)11/h2-5,10-11H,6H2,1H3. The van der Waals surface area contributed by atoms with Gasteiger partial charge >= 0.3 is 7.12 Å². The summed E-state index contributed by atoms with van der Waals surface area (Å²) in [6.07, 6.45) is 1.99. The molecule has 4 heteroatoms. The van der Waals surface area contributed by atoms with Crippen LogP contribution >= 0.6 is 11.8 Å². The number of benzene rings is 1. The molecule has 0 heterocycles. The van der Waals surface area contributed by atoms with Gasteiger partial charge in [-0.15, -0.1) is 0 Å². The van der Waals surface area contributed by atoms with E-state index >= 15 is 0 Å². The Bertz CT molecular complexity index is 253. The van der Waals surface area contributed by atoms with Gasteiger partial charge in [0.25, 0.3) is 0 Å². The summed E-state index contributed by atoms with van der Waals surface area (Å²) in [7, 11) is -1.35. The van der Waals surface area contributed by atoms with Gasteiger partial charge in [0.15, 0.2) is 0 Å². The van der Waals surface area contributed by atoms with Gasteiger partial charge in [0.1, 0.15) is 0 Å². The van der Waals surface area contributed by atoms with E-state index in [9.17, 15) is 0 Å². The van der Waals surface area contributed by atoms with E-state index in [-0.39, 0.29) is 0 Å². The molecule has 12 heavy (non-hydrogen) atoms. The maximum atomic E-state index is 8.98. The van der Waals surface area contributed by atoms with Crippen molar-refractivity contribution in [3.05, 3.63) is 29.8 Å². The lowest BCUT2D eigenvalue weighted by Crippen LogP contribution is -2.32. The monoisotopic (exact) mass is 182 g/mol. The molecule has 2 N–H and O–H groups in total. The fraction of sp³-hybridized carbons (Fsp3) is 0.250. The molecule has 0 spiro atoms. The predicted molar refractivity (Wildman–Crippen MR) is 53.5 cm³/mol. The molecule has 0 atom stereocenters. The Labute approximate surface area is 76.8 Å². The summed E-state index contributed by atoms with van der Waals surface area (Å²) in [4.78, 5) is 0. The lowest BCUT2D eigenvalue weighted by Gasteiger charge is -2.05. The SMILES string of the molecule is CSCc1ccccc1B(O)O. The van der Waals surface area contributed by atoms with Crippen molar-refractivity contribution in [2.45, 2.75) is 5.75 Å². The van der Waals surface area contributed by atoms with Crippen molar-refractivity contribution in [3.8, 4) is 0 Å². The highest BCUT2D eigenvalue weighted by atomic mass is 32.2. The first-order valence-electron chi connectivity index (χ1n) is 3.68. The Morgan fingerprint density at radius 3 is 2.58 bits per heavy atom. The quantitative estimate of drug-likeness (QED) is 0.657. The number of hydrogen-bond acceptors (Lipinski definition) is 3. The van der Waals surface area contributed by atoms with Gasteiger partial charge in [-0.2, -0.15) is 11.8 Å². The molecule has 1 rings (SSSR count). The smallest absolute Gasteiger partial charge is 0.423 e. The molecule has 0 amide bonds. The minimum absolute atomic E-state index is 0.604. The third-order valence-electron chi connectivity index (χ3n) is 1.63. The summed E-state index contributed by atoms with van der Waals surface area (Å²) in [6.45, 7) is 0. The molecule has 1 aromatic rings. The maximum Gasteiger partial charge on any atom is 0.488 e. The Kier molecular flexibility index (Phi) is 3.65. The van der Waals surface area contributed by atoms with Gasteiger partial charge in [0, 0.05) is 5.75 Å². The van der Waals surface area contributed by atoms with Crippen LogP contribution in [0.4, 0.5) is 0 Å². The summed E-state index contributed by atoms with van der Waals surface area (Å²) in [5.74, 6) is 0.813. The molecule has 0 aliphatic carbocycles. The van der Waals surface area contributed by atoms with Crippen molar-refractivity contribution in [3.63, 3.8) is 0 Å². The highest BCUT2D eigenvalue weighted by Gasteiger charge is 2.13. The van der Waals surface area contributed by atoms with Crippen LogP contribution in [0.2, 0.25) is 0 Å². The summed E-state index contributed by atoms with van der Waals surface area (Å²) in [5, 5.41) is 18.0. The van der Waals surface area contributed by atoms with Crippen LogP contribution in [0.15, 0.2) is 24.3 Å². The van der Waals surface area contributed by atoms with E-state index in [0.29, 0.717) is 5.46 Å². The van der Waals surface area contributed by atoms with Gasteiger partial charge in [-0.25, -0.2) is 0 Å². The normalized spacial score (nSPS) is 9.92. The molecule has 0 radical (unpaired) electrons. The molecule has 0 fully saturated rings. The summed E-state index contributed by atoms with van der Waals surface area (Å²) in [6, 6.07) is 7.34. The fourth-order valence-electron chi connectivity index (χ4n) is 1.07. The molecular formula is C8H11BO2S. The summed E-state index contributed by atoms with van der Waals surface area (Å²) >= 11 is 1.66. The second kappa shape index (κ2) is 4.55. The Balaban J connectivity index is 2.92. The summed E-state index contributed by atoms with van der Waals surface area (Å²) < 4.78 is 0. The minimum Gasteiger partial charge on any atom is -0.423 e. The molecule has 0 aliphatic rings. The van der Waals surface area contributed by atoms with Crippen LogP contribution in [0.25, 0.3) is 0 Å². The van der Waals surface area contributed by atoms with E-state index in [0.717, 1.165) is 11.3 Å². The molecule has 0 aliphatic heterocycles. The van der Waals surface area contributed by atoms with Crippen LogP contribution < -0.4 is 5.46 Å². The topological polar surface area (TPSA) is 40.5 Å². The Hall–Kier alpha value is -0.445. The van der Waals surface area contributed by atoms with Crippen molar-refractivity contribution in [1.82, 2.24) is 0 Å². The second-order valence-corrected chi connectivity index (χ2v) is 3.37. The van der Waals surface area contributed by atoms with E-state index in [4.69, 9.17) is 10.0 Å². The van der Waals surface area contributed by atoms with Gasteiger partial charge < -0.3 is 10.0 Å². The average molecular weight is 182 g/mol. The number of thioether (sulfide) groups is 1. The summed E-state index contributed by atoms with van der Waals surface area (Å²) in [5.41, 5.74) is 1.59. The van der Waals surface area contributed by atoms with E-state index in [1.807, 2.05) is 18.4 Å². The number of rotatable bonds is 3. The number of hydrogen-bond donors (Lipinski definition) is 2. The zero-order valence-electron chi connectivity index (χ0n) is 6.90. The molecule has 0 aromatic heterocycles. The Morgan fingerprint density at radius 2 is 2.00 bits per heavy atom. The lowest BCUT2D eigenvalue weighted by molar-refractivity contribution is 0.425. The van der Waals surface area contributed by atoms with Crippen molar-refractivity contribution in [1.29, 1.82) is 0 Å². The van der Waals surface area contributed by atoms with Crippen molar-refractivity contribution >= 4 is 24.3 Å². The first-order valence-corrected chi connectivity index (χ1v) is 5.08. The van der Waals surface area contributed by atoms with Crippen molar-refractivity contribution in [2.75, 3.05) is 6.26 Å². The van der Waals surface area contributed by atoms with Crippen LogP contribution in [0.3, 0.4) is 0 Å². The molecular weight excluding hydrogens is 171 g/mol. The highest BCUT2D eigenvalue weighted by molar-refractivity contribution is 7.97. The molecule has 64 valence electrons. The van der Waals surface area contributed by atoms with Crippen LogP contribution in [0, 0.1) is 0 Å². The van der Waals surface area contributed by atoms with Gasteiger partial charge in [0.05, 0.1) is 0 Å². The van der Waals surface area contributed by atoms with Crippen molar-refractivity contribution < 1.29 is 10.0 Å². The highest BCUT2D eigenvalue weighted by Crippen LogP contribution is 2.06. The first kappa shape index (κ1) is 9.64. The Morgan fingerprint density at radius 1 is 1.33 bits per heavy atom. The maximum absolute atomic E-state index is 8.98. The second-order valence-electron chi connectivity index (χ2n) is 2.51. The third kappa shape index (κ3) is 2.27. The zero-order valence-corrected chi connectivity index (χ0v) is 7.71. The van der Waals surface area contributed by atoms with Crippen LogP contribution in [-0.2, 0) is 5.75 Å². The molecule has 2 nitrogen and oxygen atoms in total. The van der Waals surface area contributed by atoms with Crippen molar-refractivity contribution in [2.24, 2.45) is 0 Å². The molecule has 1 aromatic carbocycles. The van der Waals surface area contributed by atoms with E-state index in [1.165, 1.54) is 0 Å². The fourth-order valence-corrected chi connectivity index (χ4v) is 1.65. The lowest BCUT2D eigenvalue weighted by atomic mass is 9.77. The van der Waals surface area contributed by atoms with Crippen LogP contribution in [0.1, 0.15) is 5.56 Å². The third-order valence-corrected chi connectivity index (χ3v) is 2.23. The predicted octanol–water partition coefficient (Wildman–Crippen LogP) is 0.229. The van der Waals surface area contributed by atoms with Gasteiger partial charge in [0.2, 0.25) is 0 Å². The zero-order chi connectivity index (χ0) is 8.97. The molecule has 0 bridgehead atoms. The molecule has 0 saturated heterocycles.